The van der Waals surface area contributed by atoms with E-state index < -0.39 is 11.7 Å². The molecule has 0 unspecified atom stereocenters. The fourth-order valence-electron chi connectivity index (χ4n) is 1.56. The van der Waals surface area contributed by atoms with Gasteiger partial charge in [0.25, 0.3) is 5.91 Å². The Morgan fingerprint density at radius 3 is 2.83 bits per heavy atom. The first-order valence-electron chi connectivity index (χ1n) is 5.69. The molecule has 0 aliphatic rings. The number of hydrogen-bond acceptors (Lipinski definition) is 4. The van der Waals surface area contributed by atoms with Crippen molar-refractivity contribution in [2.24, 2.45) is 0 Å². The van der Waals surface area contributed by atoms with Crippen molar-refractivity contribution >= 4 is 11.7 Å². The van der Waals surface area contributed by atoms with Gasteiger partial charge in [-0.15, -0.1) is 0 Å². The predicted molar refractivity (Wildman–Crippen MR) is 66.7 cm³/mol. The molecule has 18 heavy (non-hydrogen) atoms. The summed E-state index contributed by atoms with van der Waals surface area (Å²) in [5, 5.41) is 0. The minimum atomic E-state index is -0.773. The number of ether oxygens (including phenoxy) is 1. The third-order valence-electron chi connectivity index (χ3n) is 2.57. The van der Waals surface area contributed by atoms with E-state index in [2.05, 4.69) is 4.98 Å². The van der Waals surface area contributed by atoms with Gasteiger partial charge < -0.3 is 15.4 Å². The number of nitrogen functional groups attached to an aromatic ring is 1. The van der Waals surface area contributed by atoms with Gasteiger partial charge in [-0.25, -0.2) is 9.37 Å². The average Bonchev–Trinajstić information content (AvgIpc) is 2.32. The molecule has 0 spiro atoms. The summed E-state index contributed by atoms with van der Waals surface area (Å²) in [5.74, 6) is -1.45. The summed E-state index contributed by atoms with van der Waals surface area (Å²) in [6, 6.07) is 1.28. The van der Waals surface area contributed by atoms with E-state index in [9.17, 15) is 9.18 Å². The van der Waals surface area contributed by atoms with Gasteiger partial charge in [-0.2, -0.15) is 0 Å². The maximum Gasteiger partial charge on any atom is 0.257 e. The highest BCUT2D eigenvalue weighted by Gasteiger charge is 2.22. The second-order valence-corrected chi connectivity index (χ2v) is 4.14. The third kappa shape index (κ3) is 3.16. The number of anilines is 1. The molecule has 1 aromatic heterocycles. The average molecular weight is 255 g/mol. The quantitative estimate of drug-likeness (QED) is 0.861. The molecule has 1 aromatic rings. The summed E-state index contributed by atoms with van der Waals surface area (Å²) in [6.45, 7) is 4.51. The number of amides is 1. The molecule has 2 N–H and O–H groups in total. The smallest absolute Gasteiger partial charge is 0.257 e. The van der Waals surface area contributed by atoms with E-state index in [1.54, 1.807) is 7.11 Å². The fourth-order valence-corrected chi connectivity index (χ4v) is 1.56. The summed E-state index contributed by atoms with van der Waals surface area (Å²) in [6.07, 6.45) is 1.32. The Hall–Kier alpha value is -1.69. The Morgan fingerprint density at radius 2 is 2.28 bits per heavy atom. The molecular formula is C12H18FN3O2. The zero-order valence-electron chi connectivity index (χ0n) is 10.8. The van der Waals surface area contributed by atoms with Gasteiger partial charge >= 0.3 is 0 Å². The van der Waals surface area contributed by atoms with E-state index in [1.165, 1.54) is 17.2 Å². The largest absolute Gasteiger partial charge is 0.383 e. The highest BCUT2D eigenvalue weighted by molar-refractivity contribution is 5.95. The fraction of sp³-hybridized carbons (Fsp3) is 0.500. The summed E-state index contributed by atoms with van der Waals surface area (Å²) in [7, 11) is 1.55. The van der Waals surface area contributed by atoms with E-state index in [-0.39, 0.29) is 17.4 Å². The molecule has 0 saturated carbocycles. The molecule has 5 nitrogen and oxygen atoms in total. The molecule has 0 radical (unpaired) electrons. The summed E-state index contributed by atoms with van der Waals surface area (Å²) < 4.78 is 18.7. The van der Waals surface area contributed by atoms with Gasteiger partial charge in [-0.3, -0.25) is 4.79 Å². The third-order valence-corrected chi connectivity index (χ3v) is 2.57. The topological polar surface area (TPSA) is 68.5 Å². The van der Waals surface area contributed by atoms with Gasteiger partial charge in [0.05, 0.1) is 12.2 Å². The molecule has 6 heteroatoms. The number of rotatable bonds is 5. The first-order valence-corrected chi connectivity index (χ1v) is 5.69. The molecule has 1 heterocycles. The number of aromatic nitrogens is 1. The number of pyridine rings is 1. The van der Waals surface area contributed by atoms with E-state index in [0.29, 0.717) is 13.2 Å². The van der Waals surface area contributed by atoms with Gasteiger partial charge in [0.1, 0.15) is 0 Å². The van der Waals surface area contributed by atoms with E-state index in [1.807, 2.05) is 13.8 Å². The molecule has 0 saturated heterocycles. The van der Waals surface area contributed by atoms with Crippen LogP contribution in [0.3, 0.4) is 0 Å². The highest BCUT2D eigenvalue weighted by atomic mass is 19.1. The van der Waals surface area contributed by atoms with Crippen molar-refractivity contribution in [1.29, 1.82) is 0 Å². The molecule has 0 aromatic carbocycles. The maximum absolute atomic E-state index is 13.7. The van der Waals surface area contributed by atoms with E-state index in [4.69, 9.17) is 10.5 Å². The van der Waals surface area contributed by atoms with E-state index in [0.717, 1.165) is 0 Å². The number of nitrogens with two attached hydrogens (primary N) is 1. The van der Waals surface area contributed by atoms with Crippen LogP contribution in [0.25, 0.3) is 0 Å². The Morgan fingerprint density at radius 1 is 1.61 bits per heavy atom. The Labute approximate surface area is 106 Å². The van der Waals surface area contributed by atoms with Crippen molar-refractivity contribution in [3.63, 3.8) is 0 Å². The molecule has 100 valence electrons. The lowest BCUT2D eigenvalue weighted by Gasteiger charge is -2.26. The van der Waals surface area contributed by atoms with Gasteiger partial charge in [0.15, 0.2) is 11.6 Å². The highest BCUT2D eigenvalue weighted by Crippen LogP contribution is 2.15. The van der Waals surface area contributed by atoms with Crippen LogP contribution in [0.2, 0.25) is 0 Å². The molecule has 0 aliphatic carbocycles. The van der Waals surface area contributed by atoms with Crippen molar-refractivity contribution in [2.75, 3.05) is 26.0 Å². The summed E-state index contributed by atoms with van der Waals surface area (Å²) >= 11 is 0. The SMILES string of the molecule is COCCN(C(=O)c1ccnc(N)c1F)C(C)C. The molecular weight excluding hydrogens is 237 g/mol. The predicted octanol–water partition coefficient (Wildman–Crippen LogP) is 1.30. The Kier molecular flexibility index (Phi) is 5.03. The Bertz CT molecular complexity index is 424. The second kappa shape index (κ2) is 6.30. The minimum absolute atomic E-state index is 0.0542. The number of hydrogen-bond donors (Lipinski definition) is 1. The number of nitrogens with zero attached hydrogens (tertiary/aromatic N) is 2. The van der Waals surface area contributed by atoms with Crippen molar-refractivity contribution in [3.05, 3.63) is 23.6 Å². The van der Waals surface area contributed by atoms with Crippen LogP contribution in [0.5, 0.6) is 0 Å². The lowest BCUT2D eigenvalue weighted by Crippen LogP contribution is -2.39. The first kappa shape index (κ1) is 14.4. The van der Waals surface area contributed by atoms with Crippen LogP contribution in [0, 0.1) is 5.82 Å². The van der Waals surface area contributed by atoms with Gasteiger partial charge in [-0.1, -0.05) is 0 Å². The van der Waals surface area contributed by atoms with Crippen LogP contribution in [-0.2, 0) is 4.74 Å². The lowest BCUT2D eigenvalue weighted by atomic mass is 10.2. The van der Waals surface area contributed by atoms with Crippen LogP contribution in [0.4, 0.5) is 10.2 Å². The molecule has 0 atom stereocenters. The molecule has 0 aliphatic heterocycles. The normalized spacial score (nSPS) is 10.7. The van der Waals surface area contributed by atoms with Crippen LogP contribution in [0.15, 0.2) is 12.3 Å². The zero-order chi connectivity index (χ0) is 13.7. The molecule has 0 bridgehead atoms. The molecule has 0 fully saturated rings. The summed E-state index contributed by atoms with van der Waals surface area (Å²) in [4.78, 5) is 17.3. The summed E-state index contributed by atoms with van der Waals surface area (Å²) in [5.41, 5.74) is 5.29. The van der Waals surface area contributed by atoms with Crippen LogP contribution < -0.4 is 5.73 Å². The van der Waals surface area contributed by atoms with Crippen molar-refractivity contribution < 1.29 is 13.9 Å². The Balaban J connectivity index is 2.98. The van der Waals surface area contributed by atoms with Gasteiger partial charge in [0, 0.05) is 25.9 Å². The monoisotopic (exact) mass is 255 g/mol. The lowest BCUT2D eigenvalue weighted by molar-refractivity contribution is 0.0630. The van der Waals surface area contributed by atoms with Crippen molar-refractivity contribution in [3.8, 4) is 0 Å². The molecule has 1 rings (SSSR count). The van der Waals surface area contributed by atoms with Gasteiger partial charge in [-0.05, 0) is 19.9 Å². The first-order chi connectivity index (χ1) is 8.49. The number of methoxy groups -OCH3 is 1. The van der Waals surface area contributed by atoms with E-state index >= 15 is 0 Å². The number of carbonyl (C=O) groups is 1. The van der Waals surface area contributed by atoms with Gasteiger partial charge in [0.2, 0.25) is 0 Å². The standard InChI is InChI=1S/C12H18FN3O2/c1-8(2)16(6-7-18-3)12(17)9-4-5-15-11(14)10(9)13/h4-5,8H,6-7H2,1-3H3,(H2,14,15). The zero-order valence-corrected chi connectivity index (χ0v) is 10.8. The molecule has 1 amide bonds. The van der Waals surface area contributed by atoms with Crippen LogP contribution in [0.1, 0.15) is 24.2 Å². The minimum Gasteiger partial charge on any atom is -0.383 e. The number of carbonyl (C=O) groups excluding carboxylic acids is 1. The van der Waals surface area contributed by atoms with Crippen LogP contribution >= 0.6 is 0 Å². The van der Waals surface area contributed by atoms with Crippen molar-refractivity contribution in [1.82, 2.24) is 9.88 Å². The van der Waals surface area contributed by atoms with Crippen LogP contribution in [-0.4, -0.2) is 42.1 Å². The van der Waals surface area contributed by atoms with Crippen molar-refractivity contribution in [2.45, 2.75) is 19.9 Å². The second-order valence-electron chi connectivity index (χ2n) is 4.14. The number of halogens is 1. The maximum atomic E-state index is 13.7.